The Morgan fingerprint density at radius 1 is 1.27 bits per heavy atom. The van der Waals surface area contributed by atoms with E-state index in [-0.39, 0.29) is 17.2 Å². The third kappa shape index (κ3) is 1.26. The van der Waals surface area contributed by atoms with Crippen LogP contribution in [-0.4, -0.2) is 16.3 Å². The van der Waals surface area contributed by atoms with Crippen LogP contribution in [0.1, 0.15) is 16.2 Å². The number of nitrogen functional groups attached to an aromatic ring is 2. The molecule has 0 radical (unpaired) electrons. The van der Waals surface area contributed by atoms with Gasteiger partial charge in [-0.15, -0.1) is 0 Å². The summed E-state index contributed by atoms with van der Waals surface area (Å²) in [7, 11) is 0. The van der Waals surface area contributed by atoms with Gasteiger partial charge in [-0.2, -0.15) is 0 Å². The first-order chi connectivity index (χ1) is 5.15. The Hall–Kier alpha value is -1.65. The number of aldehydes is 1. The molecule has 5 nitrogen and oxygen atoms in total. The zero-order chi connectivity index (χ0) is 8.43. The van der Waals surface area contributed by atoms with E-state index in [1.807, 2.05) is 0 Å². The second-order valence-electron chi connectivity index (χ2n) is 2.07. The summed E-state index contributed by atoms with van der Waals surface area (Å²) in [5, 5.41) is 0. The summed E-state index contributed by atoms with van der Waals surface area (Å²) < 4.78 is 0. The van der Waals surface area contributed by atoms with Crippen molar-refractivity contribution in [1.29, 1.82) is 0 Å². The summed E-state index contributed by atoms with van der Waals surface area (Å²) >= 11 is 0. The van der Waals surface area contributed by atoms with Crippen molar-refractivity contribution in [3.8, 4) is 0 Å². The van der Waals surface area contributed by atoms with E-state index in [0.717, 1.165) is 0 Å². The highest BCUT2D eigenvalue weighted by atomic mass is 16.1. The predicted octanol–water partition coefficient (Wildman–Crippen LogP) is -0.238. The number of anilines is 2. The van der Waals surface area contributed by atoms with Gasteiger partial charge in [0.05, 0.1) is 5.56 Å². The smallest absolute Gasteiger partial charge is 0.157 e. The minimum atomic E-state index is 0.130. The average molecular weight is 152 g/mol. The van der Waals surface area contributed by atoms with Crippen LogP contribution in [0.25, 0.3) is 0 Å². The summed E-state index contributed by atoms with van der Waals surface area (Å²) in [6.45, 7) is 1.65. The van der Waals surface area contributed by atoms with Gasteiger partial charge >= 0.3 is 0 Å². The number of hydrogen-bond acceptors (Lipinski definition) is 5. The molecule has 0 fully saturated rings. The molecule has 0 amide bonds. The van der Waals surface area contributed by atoms with E-state index in [2.05, 4.69) is 9.97 Å². The van der Waals surface area contributed by atoms with Gasteiger partial charge < -0.3 is 11.5 Å². The molecule has 0 atom stereocenters. The number of rotatable bonds is 1. The maximum absolute atomic E-state index is 10.3. The minimum Gasteiger partial charge on any atom is -0.383 e. The first-order valence-electron chi connectivity index (χ1n) is 3.00. The molecule has 0 saturated heterocycles. The number of carbonyl (C=O) groups is 1. The largest absolute Gasteiger partial charge is 0.383 e. The molecule has 11 heavy (non-hydrogen) atoms. The normalized spacial score (nSPS) is 9.55. The minimum absolute atomic E-state index is 0.130. The lowest BCUT2D eigenvalue weighted by molar-refractivity contribution is 0.112. The van der Waals surface area contributed by atoms with Gasteiger partial charge in [0.15, 0.2) is 6.29 Å². The van der Waals surface area contributed by atoms with Crippen LogP contribution in [0.4, 0.5) is 11.6 Å². The van der Waals surface area contributed by atoms with Gasteiger partial charge in [-0.1, -0.05) is 0 Å². The average Bonchev–Trinajstić information content (AvgIpc) is 1.85. The topological polar surface area (TPSA) is 94.9 Å². The van der Waals surface area contributed by atoms with E-state index in [9.17, 15) is 4.79 Å². The first-order valence-corrected chi connectivity index (χ1v) is 3.00. The fourth-order valence-corrected chi connectivity index (χ4v) is 0.746. The van der Waals surface area contributed by atoms with Gasteiger partial charge in [0.1, 0.15) is 17.5 Å². The SMILES string of the molecule is Cc1nc(N)c(C=O)c(N)n1. The summed E-state index contributed by atoms with van der Waals surface area (Å²) in [6.07, 6.45) is 0.546. The Bertz CT molecular complexity index is 274. The van der Waals surface area contributed by atoms with Crippen molar-refractivity contribution in [1.82, 2.24) is 9.97 Å². The van der Waals surface area contributed by atoms with E-state index in [1.54, 1.807) is 6.92 Å². The Labute approximate surface area is 63.4 Å². The van der Waals surface area contributed by atoms with Gasteiger partial charge in [0, 0.05) is 0 Å². The molecular formula is C6H8N4O. The van der Waals surface area contributed by atoms with Crippen molar-refractivity contribution in [2.24, 2.45) is 0 Å². The number of nitrogens with zero attached hydrogens (tertiary/aromatic N) is 2. The summed E-state index contributed by atoms with van der Waals surface area (Å²) in [4.78, 5) is 17.8. The Morgan fingerprint density at radius 3 is 2.09 bits per heavy atom. The molecule has 0 saturated carbocycles. The molecule has 1 rings (SSSR count). The van der Waals surface area contributed by atoms with E-state index in [1.165, 1.54) is 0 Å². The van der Waals surface area contributed by atoms with Crippen molar-refractivity contribution in [3.63, 3.8) is 0 Å². The zero-order valence-corrected chi connectivity index (χ0v) is 6.03. The molecule has 0 aromatic carbocycles. The molecule has 0 aliphatic carbocycles. The molecule has 4 N–H and O–H groups in total. The van der Waals surface area contributed by atoms with Crippen LogP contribution in [0, 0.1) is 6.92 Å². The van der Waals surface area contributed by atoms with Gasteiger partial charge in [0.25, 0.3) is 0 Å². The molecule has 1 heterocycles. The highest BCUT2D eigenvalue weighted by molar-refractivity contribution is 5.87. The summed E-state index contributed by atoms with van der Waals surface area (Å²) in [5.74, 6) is 0.723. The molecule has 58 valence electrons. The molecule has 1 aromatic heterocycles. The number of hydrogen-bond donors (Lipinski definition) is 2. The van der Waals surface area contributed by atoms with Crippen LogP contribution < -0.4 is 11.5 Å². The Morgan fingerprint density at radius 2 is 1.73 bits per heavy atom. The van der Waals surface area contributed by atoms with Crippen LogP contribution in [0.15, 0.2) is 0 Å². The van der Waals surface area contributed by atoms with Gasteiger partial charge in [0.2, 0.25) is 0 Å². The molecule has 0 aliphatic rings. The lowest BCUT2D eigenvalue weighted by Gasteiger charge is -2.01. The van der Waals surface area contributed by atoms with Crippen LogP contribution in [0.2, 0.25) is 0 Å². The second-order valence-corrected chi connectivity index (χ2v) is 2.07. The fourth-order valence-electron chi connectivity index (χ4n) is 0.746. The highest BCUT2D eigenvalue weighted by Crippen LogP contribution is 2.11. The van der Waals surface area contributed by atoms with E-state index >= 15 is 0 Å². The van der Waals surface area contributed by atoms with Crippen molar-refractivity contribution in [2.75, 3.05) is 11.5 Å². The maximum Gasteiger partial charge on any atom is 0.157 e. The Balaban J connectivity index is 3.36. The molecule has 0 spiro atoms. The third-order valence-corrected chi connectivity index (χ3v) is 1.23. The van der Waals surface area contributed by atoms with Crippen molar-refractivity contribution in [3.05, 3.63) is 11.4 Å². The molecule has 5 heteroatoms. The molecular weight excluding hydrogens is 144 g/mol. The van der Waals surface area contributed by atoms with Crippen molar-refractivity contribution in [2.45, 2.75) is 6.92 Å². The second kappa shape index (κ2) is 2.53. The standard InChI is InChI=1S/C6H8N4O/c1-3-9-5(7)4(2-11)6(8)10-3/h2H,1H3,(H4,7,8,9,10). The number of carbonyl (C=O) groups excluding carboxylic acids is 1. The van der Waals surface area contributed by atoms with Crippen LogP contribution in [0.5, 0.6) is 0 Å². The lowest BCUT2D eigenvalue weighted by Crippen LogP contribution is -2.06. The maximum atomic E-state index is 10.3. The predicted molar refractivity (Wildman–Crippen MR) is 41.0 cm³/mol. The van der Waals surface area contributed by atoms with Crippen molar-refractivity contribution >= 4 is 17.9 Å². The van der Waals surface area contributed by atoms with Crippen molar-refractivity contribution < 1.29 is 4.79 Å². The van der Waals surface area contributed by atoms with Gasteiger partial charge in [-0.05, 0) is 6.92 Å². The molecule has 1 aromatic rings. The number of aryl methyl sites for hydroxylation is 1. The molecule has 0 aliphatic heterocycles. The number of aromatic nitrogens is 2. The summed E-state index contributed by atoms with van der Waals surface area (Å²) in [6, 6.07) is 0. The van der Waals surface area contributed by atoms with E-state index in [0.29, 0.717) is 12.1 Å². The first kappa shape index (κ1) is 7.46. The lowest BCUT2D eigenvalue weighted by atomic mass is 10.3. The zero-order valence-electron chi connectivity index (χ0n) is 6.03. The van der Waals surface area contributed by atoms with Crippen LogP contribution >= 0.6 is 0 Å². The number of nitrogens with two attached hydrogens (primary N) is 2. The van der Waals surface area contributed by atoms with E-state index < -0.39 is 0 Å². The monoisotopic (exact) mass is 152 g/mol. The molecule has 0 bridgehead atoms. The third-order valence-electron chi connectivity index (χ3n) is 1.23. The van der Waals surface area contributed by atoms with Crippen LogP contribution in [-0.2, 0) is 0 Å². The summed E-state index contributed by atoms with van der Waals surface area (Å²) in [5.41, 5.74) is 10.9. The fraction of sp³-hybridized carbons (Fsp3) is 0.167. The quantitative estimate of drug-likeness (QED) is 0.541. The van der Waals surface area contributed by atoms with Crippen LogP contribution in [0.3, 0.4) is 0 Å². The van der Waals surface area contributed by atoms with Gasteiger partial charge in [-0.25, -0.2) is 9.97 Å². The van der Waals surface area contributed by atoms with Gasteiger partial charge in [-0.3, -0.25) is 4.79 Å². The molecule has 0 unspecified atom stereocenters. The Kier molecular flexibility index (Phi) is 1.72. The highest BCUT2D eigenvalue weighted by Gasteiger charge is 2.05. The van der Waals surface area contributed by atoms with E-state index in [4.69, 9.17) is 11.5 Å².